The summed E-state index contributed by atoms with van der Waals surface area (Å²) in [5, 5.41) is 15.8. The fourth-order valence-electron chi connectivity index (χ4n) is 3.27. The summed E-state index contributed by atoms with van der Waals surface area (Å²) in [6.45, 7) is 6.09. The molecule has 1 aromatic heterocycles. The van der Waals surface area contributed by atoms with Gasteiger partial charge in [0.05, 0.1) is 5.56 Å². The second kappa shape index (κ2) is 9.47. The molecule has 1 heterocycles. The third-order valence-corrected chi connectivity index (χ3v) is 4.68. The van der Waals surface area contributed by atoms with Gasteiger partial charge in [0.25, 0.3) is 0 Å². The summed E-state index contributed by atoms with van der Waals surface area (Å²) in [4.78, 5) is 12.5. The van der Waals surface area contributed by atoms with Gasteiger partial charge in [-0.3, -0.25) is 0 Å². The number of nitrogens with one attached hydrogen (secondary N) is 1. The van der Waals surface area contributed by atoms with Crippen LogP contribution in [0.3, 0.4) is 0 Å². The lowest BCUT2D eigenvalue weighted by atomic mass is 9.88. The number of rotatable bonds is 7. The Balaban J connectivity index is 1.85. The predicted octanol–water partition coefficient (Wildman–Crippen LogP) is 5.18. The molecule has 0 spiro atoms. The number of hydrogen-bond acceptors (Lipinski definition) is 6. The molecule has 0 saturated carbocycles. The molecule has 0 aliphatic rings. The molecule has 1 unspecified atom stereocenters. The molecule has 0 aliphatic carbocycles. The molecule has 3 rings (SSSR count). The average Bonchev–Trinajstić information content (AvgIpc) is 3.20. The molecule has 2 aromatic carbocycles. The van der Waals surface area contributed by atoms with Crippen molar-refractivity contribution < 1.29 is 22.7 Å². The number of alkyl halides is 3. The molecule has 0 aliphatic heterocycles. The Bertz CT molecular complexity index is 1090. The second-order valence-electron chi connectivity index (χ2n) is 8.73. The Hall–Kier alpha value is -3.63. The first-order chi connectivity index (χ1) is 15.4. The van der Waals surface area contributed by atoms with E-state index in [1.165, 1.54) is 16.9 Å². The van der Waals surface area contributed by atoms with Crippen LogP contribution in [0, 0.1) is 5.41 Å². The zero-order chi connectivity index (χ0) is 24.2. The van der Waals surface area contributed by atoms with E-state index in [4.69, 9.17) is 10.5 Å². The average molecular weight is 462 g/mol. The van der Waals surface area contributed by atoms with Gasteiger partial charge in [0.1, 0.15) is 12.6 Å². The number of amides is 1. The first-order valence-corrected chi connectivity index (χ1v) is 10.2. The van der Waals surface area contributed by atoms with E-state index in [9.17, 15) is 18.0 Å². The maximum absolute atomic E-state index is 12.8. The molecule has 0 bridgehead atoms. The topological polar surface area (TPSA) is 108 Å². The van der Waals surface area contributed by atoms with Crippen LogP contribution in [-0.4, -0.2) is 32.9 Å². The molecule has 11 heteroatoms. The Kier molecular flexibility index (Phi) is 6.89. The van der Waals surface area contributed by atoms with E-state index < -0.39 is 17.8 Å². The van der Waals surface area contributed by atoms with Gasteiger partial charge in [-0.2, -0.15) is 18.0 Å². The van der Waals surface area contributed by atoms with Crippen LogP contribution in [0.5, 0.6) is 0 Å². The van der Waals surface area contributed by atoms with E-state index in [1.807, 2.05) is 20.8 Å². The van der Waals surface area contributed by atoms with E-state index in [0.29, 0.717) is 29.2 Å². The van der Waals surface area contributed by atoms with Crippen LogP contribution in [0.1, 0.15) is 38.8 Å². The van der Waals surface area contributed by atoms with Crippen LogP contribution >= 0.6 is 0 Å². The molecule has 176 valence electrons. The van der Waals surface area contributed by atoms with Gasteiger partial charge < -0.3 is 15.8 Å². The number of ether oxygens (including phenoxy) is 1. The highest BCUT2D eigenvalue weighted by atomic mass is 19.4. The Labute approximate surface area is 188 Å². The van der Waals surface area contributed by atoms with Crippen molar-refractivity contribution in [2.24, 2.45) is 11.1 Å². The van der Waals surface area contributed by atoms with Crippen LogP contribution in [0.4, 0.5) is 29.3 Å². The van der Waals surface area contributed by atoms with Gasteiger partial charge in [-0.1, -0.05) is 32.9 Å². The van der Waals surface area contributed by atoms with E-state index in [-0.39, 0.29) is 18.1 Å². The molecule has 0 saturated heterocycles. The number of benzene rings is 2. The molecule has 0 radical (unpaired) electrons. The summed E-state index contributed by atoms with van der Waals surface area (Å²) in [6.07, 6.45) is -4.69. The van der Waals surface area contributed by atoms with Crippen molar-refractivity contribution in [3.8, 4) is 11.4 Å². The Morgan fingerprint density at radius 2 is 1.79 bits per heavy atom. The number of aromatic nitrogens is 4. The lowest BCUT2D eigenvalue weighted by Crippen LogP contribution is -2.26. The first-order valence-electron chi connectivity index (χ1n) is 10.2. The van der Waals surface area contributed by atoms with E-state index in [1.54, 1.807) is 24.3 Å². The summed E-state index contributed by atoms with van der Waals surface area (Å²) < 4.78 is 43.4. The number of hydrogen-bond donors (Lipinski definition) is 2. The molecule has 1 atom stereocenters. The van der Waals surface area contributed by atoms with Gasteiger partial charge in [0.15, 0.2) is 0 Å². The van der Waals surface area contributed by atoms with Crippen LogP contribution in [0.15, 0.2) is 48.5 Å². The molecule has 3 aromatic rings. The van der Waals surface area contributed by atoms with Gasteiger partial charge in [0.2, 0.25) is 5.82 Å². The van der Waals surface area contributed by atoms with E-state index >= 15 is 0 Å². The minimum atomic E-state index is -4.40. The monoisotopic (exact) mass is 462 g/mol. The van der Waals surface area contributed by atoms with E-state index in [0.717, 1.165) is 12.1 Å². The summed E-state index contributed by atoms with van der Waals surface area (Å²) in [5.41, 5.74) is 5.95. The van der Waals surface area contributed by atoms with Crippen molar-refractivity contribution >= 4 is 17.5 Å². The van der Waals surface area contributed by atoms with Gasteiger partial charge >= 0.3 is 12.3 Å². The molecule has 0 fully saturated rings. The fourth-order valence-corrected chi connectivity index (χ4v) is 3.27. The van der Waals surface area contributed by atoms with Gasteiger partial charge in [-0.25, -0.2) is 4.79 Å². The van der Waals surface area contributed by atoms with Crippen LogP contribution in [0.2, 0.25) is 0 Å². The highest BCUT2D eigenvalue weighted by Gasteiger charge is 2.30. The summed E-state index contributed by atoms with van der Waals surface area (Å²) >= 11 is 0. The van der Waals surface area contributed by atoms with Gasteiger partial charge in [-0.05, 0) is 53.4 Å². The number of nitrogens with two attached hydrogens (primary N) is 1. The lowest BCUT2D eigenvalue weighted by Gasteiger charge is -2.24. The smallest absolute Gasteiger partial charge is 0.416 e. The van der Waals surface area contributed by atoms with Crippen LogP contribution in [0.25, 0.3) is 11.4 Å². The number of carbonyl (C=O) groups is 1. The zero-order valence-corrected chi connectivity index (χ0v) is 18.4. The fraction of sp³-hybridized carbons (Fsp3) is 0.364. The number of para-hydroxylation sites is 1. The SMILES string of the molecule is CC(C)(C)CC(COC(N)=O)n1nnc(-c2ccccc2Nc2ccc(C(F)(F)F)cc2)n1. The van der Waals surface area contributed by atoms with Gasteiger partial charge in [0, 0.05) is 16.9 Å². The molecular weight excluding hydrogens is 437 g/mol. The molecule has 33 heavy (non-hydrogen) atoms. The third kappa shape index (κ3) is 6.67. The lowest BCUT2D eigenvalue weighted by molar-refractivity contribution is -0.137. The molecular formula is C22H25F3N6O2. The summed E-state index contributed by atoms with van der Waals surface area (Å²) in [7, 11) is 0. The van der Waals surface area contributed by atoms with E-state index in [2.05, 4.69) is 20.7 Å². The number of anilines is 2. The number of nitrogens with zero attached hydrogens (tertiary/aromatic N) is 4. The van der Waals surface area contributed by atoms with Crippen molar-refractivity contribution in [2.45, 2.75) is 39.4 Å². The zero-order valence-electron chi connectivity index (χ0n) is 18.4. The van der Waals surface area contributed by atoms with Crippen molar-refractivity contribution in [1.82, 2.24) is 20.2 Å². The largest absolute Gasteiger partial charge is 0.447 e. The van der Waals surface area contributed by atoms with Crippen LogP contribution in [-0.2, 0) is 10.9 Å². The first kappa shape index (κ1) is 24.0. The quantitative estimate of drug-likeness (QED) is 0.501. The number of primary amides is 1. The van der Waals surface area contributed by atoms with Crippen molar-refractivity contribution in [3.05, 3.63) is 54.1 Å². The Morgan fingerprint density at radius 1 is 1.12 bits per heavy atom. The van der Waals surface area contributed by atoms with Crippen molar-refractivity contribution in [1.29, 1.82) is 0 Å². The minimum absolute atomic E-state index is 0.00610. The van der Waals surface area contributed by atoms with Crippen molar-refractivity contribution in [2.75, 3.05) is 11.9 Å². The summed E-state index contributed by atoms with van der Waals surface area (Å²) in [6, 6.07) is 11.4. The third-order valence-electron chi connectivity index (χ3n) is 4.68. The highest BCUT2D eigenvalue weighted by molar-refractivity contribution is 5.77. The molecule has 3 N–H and O–H groups in total. The highest BCUT2D eigenvalue weighted by Crippen LogP contribution is 2.32. The minimum Gasteiger partial charge on any atom is -0.447 e. The predicted molar refractivity (Wildman–Crippen MR) is 117 cm³/mol. The number of carbonyl (C=O) groups excluding carboxylic acids is 1. The second-order valence-corrected chi connectivity index (χ2v) is 8.73. The molecule has 8 nitrogen and oxygen atoms in total. The van der Waals surface area contributed by atoms with Crippen molar-refractivity contribution in [3.63, 3.8) is 0 Å². The molecule has 1 amide bonds. The Morgan fingerprint density at radius 3 is 2.39 bits per heavy atom. The number of tetrazole rings is 1. The van der Waals surface area contributed by atoms with Crippen LogP contribution < -0.4 is 11.1 Å². The number of halogens is 3. The standard InChI is InChI=1S/C22H25F3N6O2/c1-21(2,3)12-16(13-33-20(26)32)31-29-19(28-30-31)17-6-4-5-7-18(17)27-15-10-8-14(9-11-15)22(23,24)25/h4-11,16,27H,12-13H2,1-3H3,(H2,26,32). The normalized spacial score (nSPS) is 12.9. The van der Waals surface area contributed by atoms with Gasteiger partial charge in [-0.15, -0.1) is 10.2 Å². The maximum atomic E-state index is 12.8. The maximum Gasteiger partial charge on any atom is 0.416 e. The summed E-state index contributed by atoms with van der Waals surface area (Å²) in [5.74, 6) is 0.308.